The maximum atomic E-state index is 4.53. The second kappa shape index (κ2) is 6.37. The van der Waals surface area contributed by atoms with Crippen LogP contribution in [-0.4, -0.2) is 23.6 Å². The van der Waals surface area contributed by atoms with Crippen molar-refractivity contribution in [3.05, 3.63) is 42.2 Å². The van der Waals surface area contributed by atoms with E-state index in [-0.39, 0.29) is 0 Å². The van der Waals surface area contributed by atoms with Gasteiger partial charge in [-0.15, -0.1) is 0 Å². The number of nitrogens with zero attached hydrogens (tertiary/aromatic N) is 3. The highest BCUT2D eigenvalue weighted by molar-refractivity contribution is 5.68. The molecule has 0 aliphatic rings. The molecule has 4 heteroatoms. The number of para-hydroxylation sites is 1. The van der Waals surface area contributed by atoms with Crippen molar-refractivity contribution >= 4 is 17.3 Å². The number of anilines is 3. The molecule has 0 spiro atoms. The second-order valence-electron chi connectivity index (χ2n) is 4.94. The first-order chi connectivity index (χ1) is 9.69. The Hall–Kier alpha value is -2.10. The molecule has 1 heterocycles. The van der Waals surface area contributed by atoms with Crippen LogP contribution in [0.4, 0.5) is 17.3 Å². The summed E-state index contributed by atoms with van der Waals surface area (Å²) in [5, 5.41) is 3.17. The molecule has 0 aliphatic heterocycles. The van der Waals surface area contributed by atoms with E-state index in [0.717, 1.165) is 29.4 Å². The summed E-state index contributed by atoms with van der Waals surface area (Å²) in [4.78, 5) is 11.1. The standard InChI is InChI=1S/C16H22N4/c1-5-20(13-9-7-6-8-10-13)16-14(12(2)3)15(17-4)18-11-19-16/h6-12H,5H2,1-4H3,(H,17,18,19). The molecular weight excluding hydrogens is 248 g/mol. The third kappa shape index (κ3) is 2.74. The fourth-order valence-electron chi connectivity index (χ4n) is 2.39. The Labute approximate surface area is 120 Å². The molecule has 0 radical (unpaired) electrons. The predicted octanol–water partition coefficient (Wildman–Crippen LogP) is 3.80. The van der Waals surface area contributed by atoms with Crippen LogP contribution in [0, 0.1) is 0 Å². The quantitative estimate of drug-likeness (QED) is 0.897. The Morgan fingerprint density at radius 2 is 1.85 bits per heavy atom. The van der Waals surface area contributed by atoms with Gasteiger partial charge in [0.2, 0.25) is 0 Å². The summed E-state index contributed by atoms with van der Waals surface area (Å²) in [6.07, 6.45) is 1.62. The largest absolute Gasteiger partial charge is 0.373 e. The zero-order valence-corrected chi connectivity index (χ0v) is 12.6. The molecule has 0 amide bonds. The Bertz CT molecular complexity index is 552. The van der Waals surface area contributed by atoms with Gasteiger partial charge in [0.25, 0.3) is 0 Å². The molecule has 1 aromatic heterocycles. The lowest BCUT2D eigenvalue weighted by Crippen LogP contribution is -2.20. The number of benzene rings is 1. The molecular formula is C16H22N4. The van der Waals surface area contributed by atoms with Crippen molar-refractivity contribution in [1.29, 1.82) is 0 Å². The summed E-state index contributed by atoms with van der Waals surface area (Å²) in [6, 6.07) is 10.3. The SMILES string of the molecule is CCN(c1ccccc1)c1ncnc(NC)c1C(C)C. The Kier molecular flexibility index (Phi) is 4.56. The average Bonchev–Trinajstić information content (AvgIpc) is 2.48. The summed E-state index contributed by atoms with van der Waals surface area (Å²) in [7, 11) is 1.90. The molecule has 106 valence electrons. The lowest BCUT2D eigenvalue weighted by atomic mass is 10.0. The minimum atomic E-state index is 0.353. The molecule has 1 aromatic carbocycles. The van der Waals surface area contributed by atoms with E-state index in [0.29, 0.717) is 5.92 Å². The minimum Gasteiger partial charge on any atom is -0.373 e. The smallest absolute Gasteiger partial charge is 0.142 e. The Morgan fingerprint density at radius 3 is 2.40 bits per heavy atom. The fourth-order valence-corrected chi connectivity index (χ4v) is 2.39. The van der Waals surface area contributed by atoms with Crippen LogP contribution in [0.2, 0.25) is 0 Å². The number of hydrogen-bond donors (Lipinski definition) is 1. The van der Waals surface area contributed by atoms with E-state index in [1.807, 2.05) is 25.2 Å². The summed E-state index contributed by atoms with van der Waals surface area (Å²) >= 11 is 0. The Morgan fingerprint density at radius 1 is 1.15 bits per heavy atom. The van der Waals surface area contributed by atoms with Crippen LogP contribution < -0.4 is 10.2 Å². The van der Waals surface area contributed by atoms with Gasteiger partial charge < -0.3 is 10.2 Å². The highest BCUT2D eigenvalue weighted by atomic mass is 15.2. The first kappa shape index (κ1) is 14.3. The fraction of sp³-hybridized carbons (Fsp3) is 0.375. The Balaban J connectivity index is 2.55. The third-order valence-electron chi connectivity index (χ3n) is 3.32. The third-order valence-corrected chi connectivity index (χ3v) is 3.32. The van der Waals surface area contributed by atoms with Crippen molar-refractivity contribution in [3.8, 4) is 0 Å². The van der Waals surface area contributed by atoms with Crippen LogP contribution in [0.3, 0.4) is 0 Å². The zero-order valence-electron chi connectivity index (χ0n) is 12.6. The highest BCUT2D eigenvalue weighted by Gasteiger charge is 2.19. The second-order valence-corrected chi connectivity index (χ2v) is 4.94. The van der Waals surface area contributed by atoms with Gasteiger partial charge in [0.1, 0.15) is 18.0 Å². The van der Waals surface area contributed by atoms with Crippen LogP contribution in [-0.2, 0) is 0 Å². The predicted molar refractivity (Wildman–Crippen MR) is 84.8 cm³/mol. The van der Waals surface area contributed by atoms with E-state index in [1.165, 1.54) is 0 Å². The van der Waals surface area contributed by atoms with Crippen LogP contribution in [0.25, 0.3) is 0 Å². The number of nitrogens with one attached hydrogen (secondary N) is 1. The maximum Gasteiger partial charge on any atom is 0.142 e. The molecule has 0 aliphatic carbocycles. The van der Waals surface area contributed by atoms with Crippen molar-refractivity contribution in [2.24, 2.45) is 0 Å². The van der Waals surface area contributed by atoms with Crippen molar-refractivity contribution in [3.63, 3.8) is 0 Å². The summed E-state index contributed by atoms with van der Waals surface area (Å²) < 4.78 is 0. The molecule has 0 saturated carbocycles. The topological polar surface area (TPSA) is 41.1 Å². The molecule has 1 N–H and O–H groups in total. The maximum absolute atomic E-state index is 4.53. The lowest BCUT2D eigenvalue weighted by molar-refractivity contribution is 0.831. The molecule has 0 saturated heterocycles. The van der Waals surface area contributed by atoms with Crippen LogP contribution in [0.1, 0.15) is 32.3 Å². The van der Waals surface area contributed by atoms with Crippen molar-refractivity contribution < 1.29 is 0 Å². The first-order valence-corrected chi connectivity index (χ1v) is 7.04. The molecule has 0 bridgehead atoms. The van der Waals surface area contributed by atoms with Gasteiger partial charge in [0.05, 0.1) is 0 Å². The zero-order chi connectivity index (χ0) is 14.5. The van der Waals surface area contributed by atoms with Gasteiger partial charge in [-0.1, -0.05) is 32.0 Å². The average molecular weight is 270 g/mol. The van der Waals surface area contributed by atoms with Crippen molar-refractivity contribution in [2.75, 3.05) is 23.8 Å². The van der Waals surface area contributed by atoms with E-state index >= 15 is 0 Å². The van der Waals surface area contributed by atoms with Crippen LogP contribution >= 0.6 is 0 Å². The van der Waals surface area contributed by atoms with E-state index < -0.39 is 0 Å². The van der Waals surface area contributed by atoms with Crippen LogP contribution in [0.15, 0.2) is 36.7 Å². The van der Waals surface area contributed by atoms with Gasteiger partial charge >= 0.3 is 0 Å². The molecule has 2 rings (SSSR count). The monoisotopic (exact) mass is 270 g/mol. The molecule has 0 fully saturated rings. The molecule has 0 atom stereocenters. The van der Waals surface area contributed by atoms with Gasteiger partial charge in [0, 0.05) is 24.8 Å². The number of hydrogen-bond acceptors (Lipinski definition) is 4. The van der Waals surface area contributed by atoms with Gasteiger partial charge in [0.15, 0.2) is 0 Å². The summed E-state index contributed by atoms with van der Waals surface area (Å²) in [5.74, 6) is 2.24. The van der Waals surface area contributed by atoms with Gasteiger partial charge in [-0.25, -0.2) is 9.97 Å². The molecule has 20 heavy (non-hydrogen) atoms. The van der Waals surface area contributed by atoms with E-state index in [2.05, 4.69) is 53.1 Å². The molecule has 2 aromatic rings. The number of rotatable bonds is 5. The first-order valence-electron chi connectivity index (χ1n) is 7.04. The van der Waals surface area contributed by atoms with Gasteiger partial charge in [-0.3, -0.25) is 0 Å². The van der Waals surface area contributed by atoms with E-state index in [9.17, 15) is 0 Å². The minimum absolute atomic E-state index is 0.353. The van der Waals surface area contributed by atoms with Gasteiger partial charge in [-0.2, -0.15) is 0 Å². The van der Waals surface area contributed by atoms with Crippen molar-refractivity contribution in [1.82, 2.24) is 9.97 Å². The van der Waals surface area contributed by atoms with E-state index in [4.69, 9.17) is 0 Å². The van der Waals surface area contributed by atoms with Crippen molar-refractivity contribution in [2.45, 2.75) is 26.7 Å². The van der Waals surface area contributed by atoms with Gasteiger partial charge in [-0.05, 0) is 25.0 Å². The molecule has 0 unspecified atom stereocenters. The summed E-state index contributed by atoms with van der Waals surface area (Å²) in [6.45, 7) is 7.34. The van der Waals surface area contributed by atoms with E-state index in [1.54, 1.807) is 6.33 Å². The summed E-state index contributed by atoms with van der Waals surface area (Å²) in [5.41, 5.74) is 2.30. The molecule has 4 nitrogen and oxygen atoms in total. The number of aromatic nitrogens is 2. The lowest BCUT2D eigenvalue weighted by Gasteiger charge is -2.26. The van der Waals surface area contributed by atoms with Crippen LogP contribution in [0.5, 0.6) is 0 Å². The normalized spacial score (nSPS) is 10.7. The highest BCUT2D eigenvalue weighted by Crippen LogP contribution is 2.34.